The maximum Gasteiger partial charge on any atom is 0.244 e. The van der Waals surface area contributed by atoms with Crippen LogP contribution in [0.3, 0.4) is 0 Å². The molecular formula is C18H19ClFN3O. The predicted octanol–water partition coefficient (Wildman–Crippen LogP) is 3.15. The molecule has 24 heavy (non-hydrogen) atoms. The van der Waals surface area contributed by atoms with Crippen molar-refractivity contribution in [2.45, 2.75) is 18.9 Å². The van der Waals surface area contributed by atoms with Crippen molar-refractivity contribution in [1.29, 1.82) is 0 Å². The van der Waals surface area contributed by atoms with E-state index in [-0.39, 0.29) is 17.0 Å². The first kappa shape index (κ1) is 16.9. The Labute approximate surface area is 145 Å². The van der Waals surface area contributed by atoms with Crippen molar-refractivity contribution in [2.75, 3.05) is 25.0 Å². The second-order valence-corrected chi connectivity index (χ2v) is 6.35. The minimum absolute atomic E-state index is 0.0289. The molecule has 0 aliphatic carbocycles. The largest absolute Gasteiger partial charge is 0.311 e. The van der Waals surface area contributed by atoms with E-state index in [1.807, 2.05) is 25.2 Å². The summed E-state index contributed by atoms with van der Waals surface area (Å²) in [4.78, 5) is 20.7. The van der Waals surface area contributed by atoms with Crippen LogP contribution in [0.15, 0.2) is 42.6 Å². The van der Waals surface area contributed by atoms with Crippen molar-refractivity contribution in [3.8, 4) is 0 Å². The lowest BCUT2D eigenvalue weighted by atomic mass is 10.2. The van der Waals surface area contributed by atoms with Gasteiger partial charge in [0.05, 0.1) is 11.1 Å². The Bertz CT molecular complexity index is 725. The van der Waals surface area contributed by atoms with E-state index >= 15 is 0 Å². The lowest BCUT2D eigenvalue weighted by molar-refractivity contribution is -0.121. The van der Waals surface area contributed by atoms with Crippen LogP contribution in [-0.2, 0) is 11.2 Å². The highest BCUT2D eigenvalue weighted by molar-refractivity contribution is 6.31. The van der Waals surface area contributed by atoms with E-state index < -0.39 is 5.82 Å². The van der Waals surface area contributed by atoms with E-state index in [4.69, 9.17) is 11.6 Å². The number of benzene rings is 1. The molecule has 1 aliphatic rings. The van der Waals surface area contributed by atoms with Crippen LogP contribution in [0.4, 0.5) is 10.1 Å². The molecule has 0 spiro atoms. The first-order chi connectivity index (χ1) is 11.6. The van der Waals surface area contributed by atoms with Crippen LogP contribution in [-0.4, -0.2) is 42.0 Å². The molecule has 0 bridgehead atoms. The number of carbonyl (C=O) groups is 1. The number of hydrogen-bond acceptors (Lipinski definition) is 3. The number of nitrogens with zero attached hydrogens (tertiary/aromatic N) is 3. The summed E-state index contributed by atoms with van der Waals surface area (Å²) in [6, 6.07) is 10.1. The highest BCUT2D eigenvalue weighted by Crippen LogP contribution is 2.27. The van der Waals surface area contributed by atoms with Gasteiger partial charge in [-0.1, -0.05) is 17.7 Å². The van der Waals surface area contributed by atoms with Gasteiger partial charge in [0.25, 0.3) is 0 Å². The van der Waals surface area contributed by atoms with Gasteiger partial charge in [0.1, 0.15) is 5.82 Å². The Morgan fingerprint density at radius 3 is 2.92 bits per heavy atom. The van der Waals surface area contributed by atoms with Gasteiger partial charge in [-0.05, 0) is 43.8 Å². The van der Waals surface area contributed by atoms with Gasteiger partial charge in [-0.2, -0.15) is 0 Å². The zero-order valence-corrected chi connectivity index (χ0v) is 14.2. The summed E-state index contributed by atoms with van der Waals surface area (Å²) in [6.45, 7) is 1.37. The maximum atomic E-state index is 13.3. The summed E-state index contributed by atoms with van der Waals surface area (Å²) in [5.74, 6) is -0.447. The van der Waals surface area contributed by atoms with Crippen molar-refractivity contribution in [1.82, 2.24) is 9.88 Å². The molecule has 1 saturated heterocycles. The van der Waals surface area contributed by atoms with Crippen LogP contribution in [0, 0.1) is 5.82 Å². The lowest BCUT2D eigenvalue weighted by Crippen LogP contribution is -2.40. The van der Waals surface area contributed by atoms with E-state index in [0.717, 1.165) is 25.1 Å². The zero-order valence-electron chi connectivity index (χ0n) is 13.5. The minimum atomic E-state index is -0.476. The van der Waals surface area contributed by atoms with Crippen LogP contribution < -0.4 is 4.90 Å². The second kappa shape index (κ2) is 7.28. The van der Waals surface area contributed by atoms with Crippen molar-refractivity contribution in [3.05, 3.63) is 59.1 Å². The van der Waals surface area contributed by atoms with Gasteiger partial charge in [-0.15, -0.1) is 0 Å². The predicted molar refractivity (Wildman–Crippen MR) is 92.7 cm³/mol. The molecule has 2 aromatic rings. The third-order valence-electron chi connectivity index (χ3n) is 4.37. The van der Waals surface area contributed by atoms with E-state index in [9.17, 15) is 9.18 Å². The van der Waals surface area contributed by atoms with Crippen LogP contribution in [0.1, 0.15) is 12.1 Å². The summed E-state index contributed by atoms with van der Waals surface area (Å²) in [6.07, 6.45) is 3.31. The minimum Gasteiger partial charge on any atom is -0.311 e. The average molecular weight is 348 g/mol. The van der Waals surface area contributed by atoms with Gasteiger partial charge in [0.2, 0.25) is 5.91 Å². The van der Waals surface area contributed by atoms with Crippen molar-refractivity contribution in [3.63, 3.8) is 0 Å². The first-order valence-corrected chi connectivity index (χ1v) is 8.30. The lowest BCUT2D eigenvalue weighted by Gasteiger charge is -2.23. The highest BCUT2D eigenvalue weighted by atomic mass is 35.5. The van der Waals surface area contributed by atoms with Gasteiger partial charge in [0, 0.05) is 37.1 Å². The fourth-order valence-electron chi connectivity index (χ4n) is 2.98. The van der Waals surface area contributed by atoms with Crippen LogP contribution in [0.25, 0.3) is 0 Å². The fraction of sp³-hybridized carbons (Fsp3) is 0.333. The number of aromatic nitrogens is 1. The first-order valence-electron chi connectivity index (χ1n) is 7.93. The topological polar surface area (TPSA) is 36.4 Å². The van der Waals surface area contributed by atoms with E-state index in [1.54, 1.807) is 17.2 Å². The van der Waals surface area contributed by atoms with Crippen LogP contribution in [0.5, 0.6) is 0 Å². The van der Waals surface area contributed by atoms with Crippen molar-refractivity contribution in [2.24, 2.45) is 0 Å². The number of anilines is 1. The Balaban J connectivity index is 1.63. The van der Waals surface area contributed by atoms with Crippen LogP contribution >= 0.6 is 11.6 Å². The Morgan fingerprint density at radius 1 is 1.38 bits per heavy atom. The smallest absolute Gasteiger partial charge is 0.244 e. The molecule has 0 saturated carbocycles. The van der Waals surface area contributed by atoms with Gasteiger partial charge in [0.15, 0.2) is 0 Å². The molecule has 126 valence electrons. The number of rotatable bonds is 5. The number of likely N-dealkylation sites (N-methyl/N-ethyl adjacent to an activating group) is 1. The normalized spacial score (nSPS) is 17.8. The monoisotopic (exact) mass is 347 g/mol. The standard InChI is InChI=1S/C18H19ClFN3O/c1-22(10-7-13-4-2-3-9-21-13)17-8-11-23(18(17)24)14-5-6-16(20)15(19)12-14/h2-6,9,12,17H,7-8,10-11H2,1H3. The second-order valence-electron chi connectivity index (χ2n) is 5.94. The Hall–Kier alpha value is -1.98. The number of pyridine rings is 1. The van der Waals surface area contributed by atoms with Gasteiger partial charge >= 0.3 is 0 Å². The summed E-state index contributed by atoms with van der Waals surface area (Å²) < 4.78 is 13.3. The summed E-state index contributed by atoms with van der Waals surface area (Å²) in [5, 5.41) is 0.0345. The molecule has 1 fully saturated rings. The number of amides is 1. The zero-order chi connectivity index (χ0) is 17.1. The molecule has 1 amide bonds. The van der Waals surface area contributed by atoms with E-state index in [0.29, 0.717) is 12.2 Å². The molecule has 2 heterocycles. The quantitative estimate of drug-likeness (QED) is 0.833. The van der Waals surface area contributed by atoms with Gasteiger partial charge < -0.3 is 4.90 Å². The molecule has 3 rings (SSSR count). The molecule has 1 atom stereocenters. The van der Waals surface area contributed by atoms with Crippen molar-refractivity contribution >= 4 is 23.2 Å². The molecule has 1 aromatic heterocycles. The van der Waals surface area contributed by atoms with Crippen molar-refractivity contribution < 1.29 is 9.18 Å². The number of carbonyl (C=O) groups excluding carboxylic acids is 1. The molecule has 4 nitrogen and oxygen atoms in total. The number of halogens is 2. The molecule has 0 radical (unpaired) electrons. The van der Waals surface area contributed by atoms with E-state index in [2.05, 4.69) is 9.88 Å². The summed E-state index contributed by atoms with van der Waals surface area (Å²) in [7, 11) is 1.95. The molecule has 0 N–H and O–H groups in total. The molecule has 1 aromatic carbocycles. The third-order valence-corrected chi connectivity index (χ3v) is 4.66. The van der Waals surface area contributed by atoms with Crippen LogP contribution in [0.2, 0.25) is 5.02 Å². The maximum absolute atomic E-state index is 13.3. The summed E-state index contributed by atoms with van der Waals surface area (Å²) in [5.41, 5.74) is 1.66. The average Bonchev–Trinajstić information content (AvgIpc) is 2.98. The Morgan fingerprint density at radius 2 is 2.21 bits per heavy atom. The molecular weight excluding hydrogens is 329 g/mol. The number of hydrogen-bond donors (Lipinski definition) is 0. The van der Waals surface area contributed by atoms with Gasteiger partial charge in [-0.25, -0.2) is 4.39 Å². The van der Waals surface area contributed by atoms with E-state index in [1.165, 1.54) is 12.1 Å². The molecule has 1 aliphatic heterocycles. The SMILES string of the molecule is CN(CCc1ccccn1)C1CCN(c2ccc(F)c(Cl)c2)C1=O. The Kier molecular flexibility index (Phi) is 5.11. The fourth-order valence-corrected chi connectivity index (χ4v) is 3.15. The molecule has 1 unspecified atom stereocenters. The third kappa shape index (κ3) is 3.57. The summed E-state index contributed by atoms with van der Waals surface area (Å²) >= 11 is 5.83. The molecule has 6 heteroatoms. The highest BCUT2D eigenvalue weighted by Gasteiger charge is 2.35. The van der Waals surface area contributed by atoms with Gasteiger partial charge in [-0.3, -0.25) is 14.7 Å².